The average molecular weight is 532 g/mol. The summed E-state index contributed by atoms with van der Waals surface area (Å²) in [7, 11) is 1.56. The standard InChI is InChI=1S/C24H26ClN5O5S/c1-4-30-20(13-26-22(32)15-6-9-17(34-3)10-7-15)28-29-24(30)36-14-21(31)27-19-12-16(8-11-18(19)25)23(33)35-5-2/h6-12H,4-5,13-14H2,1-3H3,(H,26,32)(H,27,31). The molecular weight excluding hydrogens is 506 g/mol. The highest BCUT2D eigenvalue weighted by atomic mass is 35.5. The molecule has 0 unspecified atom stereocenters. The van der Waals surface area contributed by atoms with Gasteiger partial charge in [0, 0.05) is 12.1 Å². The first-order valence-electron chi connectivity index (χ1n) is 11.1. The van der Waals surface area contributed by atoms with Crippen LogP contribution in [0.25, 0.3) is 0 Å². The van der Waals surface area contributed by atoms with E-state index in [2.05, 4.69) is 20.8 Å². The number of ether oxygens (including phenoxy) is 2. The number of thioether (sulfide) groups is 1. The maximum absolute atomic E-state index is 12.5. The number of aromatic nitrogens is 3. The van der Waals surface area contributed by atoms with E-state index in [-0.39, 0.29) is 36.3 Å². The van der Waals surface area contributed by atoms with Crippen molar-refractivity contribution in [3.8, 4) is 5.75 Å². The molecule has 190 valence electrons. The van der Waals surface area contributed by atoms with Gasteiger partial charge in [-0.1, -0.05) is 23.4 Å². The van der Waals surface area contributed by atoms with Crippen LogP contribution in [0.15, 0.2) is 47.6 Å². The van der Waals surface area contributed by atoms with Crippen molar-refractivity contribution in [3.63, 3.8) is 0 Å². The lowest BCUT2D eigenvalue weighted by Gasteiger charge is -2.10. The number of hydrogen-bond acceptors (Lipinski definition) is 8. The van der Waals surface area contributed by atoms with Crippen LogP contribution >= 0.6 is 23.4 Å². The maximum atomic E-state index is 12.5. The maximum Gasteiger partial charge on any atom is 0.338 e. The quantitative estimate of drug-likeness (QED) is 0.283. The summed E-state index contributed by atoms with van der Waals surface area (Å²) in [4.78, 5) is 36.9. The van der Waals surface area contributed by atoms with E-state index in [4.69, 9.17) is 21.1 Å². The predicted molar refractivity (Wildman–Crippen MR) is 137 cm³/mol. The third-order valence-electron chi connectivity index (χ3n) is 4.95. The smallest absolute Gasteiger partial charge is 0.338 e. The lowest BCUT2D eigenvalue weighted by molar-refractivity contribution is -0.113. The zero-order valence-electron chi connectivity index (χ0n) is 20.0. The molecule has 0 aliphatic rings. The molecule has 12 heteroatoms. The number of nitrogens with one attached hydrogen (secondary N) is 2. The minimum absolute atomic E-state index is 0.0380. The minimum atomic E-state index is -0.498. The number of halogens is 1. The highest BCUT2D eigenvalue weighted by Crippen LogP contribution is 2.24. The summed E-state index contributed by atoms with van der Waals surface area (Å²) < 4.78 is 11.9. The number of benzene rings is 2. The molecule has 3 rings (SSSR count). The largest absolute Gasteiger partial charge is 0.497 e. The van der Waals surface area contributed by atoms with Gasteiger partial charge in [-0.3, -0.25) is 9.59 Å². The van der Waals surface area contributed by atoms with Gasteiger partial charge < -0.3 is 24.7 Å². The van der Waals surface area contributed by atoms with Crippen LogP contribution in [0.3, 0.4) is 0 Å². The zero-order chi connectivity index (χ0) is 26.1. The summed E-state index contributed by atoms with van der Waals surface area (Å²) >= 11 is 7.36. The molecule has 0 radical (unpaired) electrons. The average Bonchev–Trinajstić information content (AvgIpc) is 3.29. The number of rotatable bonds is 11. The first kappa shape index (κ1) is 27.0. The van der Waals surface area contributed by atoms with Crippen LogP contribution < -0.4 is 15.4 Å². The van der Waals surface area contributed by atoms with Gasteiger partial charge in [0.25, 0.3) is 5.91 Å². The van der Waals surface area contributed by atoms with Gasteiger partial charge in [0.05, 0.1) is 42.3 Å². The summed E-state index contributed by atoms with van der Waals surface area (Å²) in [5.74, 6) is 0.184. The Labute approximate surface area is 217 Å². The minimum Gasteiger partial charge on any atom is -0.497 e. The molecule has 0 aliphatic heterocycles. The van der Waals surface area contributed by atoms with Crippen LogP contribution in [-0.4, -0.2) is 52.0 Å². The van der Waals surface area contributed by atoms with Crippen LogP contribution in [0.5, 0.6) is 5.75 Å². The van der Waals surface area contributed by atoms with Crippen LogP contribution in [0.4, 0.5) is 5.69 Å². The molecule has 2 amide bonds. The molecule has 36 heavy (non-hydrogen) atoms. The third kappa shape index (κ3) is 6.98. The van der Waals surface area contributed by atoms with Gasteiger partial charge in [-0.2, -0.15) is 0 Å². The molecule has 3 aromatic rings. The SMILES string of the molecule is CCOC(=O)c1ccc(Cl)c(NC(=O)CSc2nnc(CNC(=O)c3ccc(OC)cc3)n2CC)c1. The molecule has 2 aromatic carbocycles. The second kappa shape index (κ2) is 12.9. The predicted octanol–water partition coefficient (Wildman–Crippen LogP) is 3.80. The van der Waals surface area contributed by atoms with E-state index in [0.29, 0.717) is 39.5 Å². The molecule has 0 bridgehead atoms. The van der Waals surface area contributed by atoms with Crippen molar-refractivity contribution in [2.24, 2.45) is 0 Å². The Morgan fingerprint density at radius 1 is 1.06 bits per heavy atom. The number of amides is 2. The van der Waals surface area contributed by atoms with Crippen LogP contribution in [0.1, 0.15) is 40.4 Å². The van der Waals surface area contributed by atoms with Gasteiger partial charge in [-0.25, -0.2) is 4.79 Å². The van der Waals surface area contributed by atoms with E-state index in [1.54, 1.807) is 38.3 Å². The van der Waals surface area contributed by atoms with Crippen molar-refractivity contribution >= 4 is 46.8 Å². The number of anilines is 1. The summed E-state index contributed by atoms with van der Waals surface area (Å²) in [5.41, 5.74) is 1.10. The Morgan fingerprint density at radius 2 is 1.78 bits per heavy atom. The Morgan fingerprint density at radius 3 is 2.44 bits per heavy atom. The molecule has 1 heterocycles. The normalized spacial score (nSPS) is 10.6. The van der Waals surface area contributed by atoms with Gasteiger partial charge >= 0.3 is 5.97 Å². The molecule has 10 nitrogen and oxygen atoms in total. The Balaban J connectivity index is 1.58. The van der Waals surface area contributed by atoms with Gasteiger partial charge in [-0.05, 0) is 56.3 Å². The summed E-state index contributed by atoms with van der Waals surface area (Å²) in [6.45, 7) is 4.60. The second-order valence-electron chi connectivity index (χ2n) is 7.31. The molecule has 0 spiro atoms. The topological polar surface area (TPSA) is 124 Å². The van der Waals surface area contributed by atoms with E-state index in [0.717, 1.165) is 0 Å². The fourth-order valence-electron chi connectivity index (χ4n) is 3.16. The number of carbonyl (C=O) groups excluding carboxylic acids is 3. The van der Waals surface area contributed by atoms with Crippen molar-refractivity contribution < 1.29 is 23.9 Å². The highest BCUT2D eigenvalue weighted by Gasteiger charge is 2.16. The van der Waals surface area contributed by atoms with Crippen molar-refractivity contribution in [1.82, 2.24) is 20.1 Å². The van der Waals surface area contributed by atoms with Gasteiger partial charge in [0.1, 0.15) is 5.75 Å². The highest BCUT2D eigenvalue weighted by molar-refractivity contribution is 7.99. The van der Waals surface area contributed by atoms with E-state index in [1.165, 1.54) is 30.0 Å². The summed E-state index contributed by atoms with van der Waals surface area (Å²) in [5, 5.41) is 14.7. The van der Waals surface area contributed by atoms with Crippen molar-refractivity contribution in [2.45, 2.75) is 32.1 Å². The molecule has 0 saturated carbocycles. The monoisotopic (exact) mass is 531 g/mol. The number of carbonyl (C=O) groups is 3. The van der Waals surface area contributed by atoms with Crippen LogP contribution in [0, 0.1) is 0 Å². The Hall–Kier alpha value is -3.57. The van der Waals surface area contributed by atoms with Crippen molar-refractivity contribution in [1.29, 1.82) is 0 Å². The fourth-order valence-corrected chi connectivity index (χ4v) is 4.14. The second-order valence-corrected chi connectivity index (χ2v) is 8.66. The molecule has 1 aromatic heterocycles. The molecule has 0 saturated heterocycles. The molecule has 0 atom stereocenters. The van der Waals surface area contributed by atoms with Crippen molar-refractivity contribution in [2.75, 3.05) is 24.8 Å². The van der Waals surface area contributed by atoms with Crippen LogP contribution in [0.2, 0.25) is 5.02 Å². The number of esters is 1. The van der Waals surface area contributed by atoms with Gasteiger partial charge in [-0.15, -0.1) is 10.2 Å². The van der Waals surface area contributed by atoms with Gasteiger partial charge in [0.15, 0.2) is 11.0 Å². The van der Waals surface area contributed by atoms with E-state index in [1.807, 2.05) is 11.5 Å². The first-order chi connectivity index (χ1) is 17.4. The number of methoxy groups -OCH3 is 1. The summed E-state index contributed by atoms with van der Waals surface area (Å²) in [6, 6.07) is 11.3. The van der Waals surface area contributed by atoms with E-state index in [9.17, 15) is 14.4 Å². The molecule has 0 aliphatic carbocycles. The molecule has 2 N–H and O–H groups in total. The van der Waals surface area contributed by atoms with Crippen molar-refractivity contribution in [3.05, 3.63) is 64.4 Å². The van der Waals surface area contributed by atoms with Gasteiger partial charge in [0.2, 0.25) is 5.91 Å². The Bertz CT molecular complexity index is 1230. The molecular formula is C24H26ClN5O5S. The van der Waals surface area contributed by atoms with E-state index < -0.39 is 5.97 Å². The van der Waals surface area contributed by atoms with E-state index >= 15 is 0 Å². The first-order valence-corrected chi connectivity index (χ1v) is 12.5. The zero-order valence-corrected chi connectivity index (χ0v) is 21.6. The number of nitrogens with zero attached hydrogens (tertiary/aromatic N) is 3. The fraction of sp³-hybridized carbons (Fsp3) is 0.292. The third-order valence-corrected chi connectivity index (χ3v) is 6.25. The van der Waals surface area contributed by atoms with Crippen LogP contribution in [-0.2, 0) is 22.6 Å². The molecule has 0 fully saturated rings. The summed E-state index contributed by atoms with van der Waals surface area (Å²) in [6.07, 6.45) is 0. The lowest BCUT2D eigenvalue weighted by atomic mass is 10.2. The Kier molecular flexibility index (Phi) is 9.71. The lowest BCUT2D eigenvalue weighted by Crippen LogP contribution is -2.24. The number of hydrogen-bond donors (Lipinski definition) is 2.